The summed E-state index contributed by atoms with van der Waals surface area (Å²) >= 11 is 3.40. The van der Waals surface area contributed by atoms with Crippen molar-refractivity contribution in [3.63, 3.8) is 0 Å². The Bertz CT molecular complexity index is 1010. The summed E-state index contributed by atoms with van der Waals surface area (Å²) in [6, 6.07) is 14.6. The highest BCUT2D eigenvalue weighted by Crippen LogP contribution is 2.38. The lowest BCUT2D eigenvalue weighted by Gasteiger charge is -2.40. The third-order valence-corrected chi connectivity index (χ3v) is 4.90. The summed E-state index contributed by atoms with van der Waals surface area (Å²) < 4.78 is 2.50. The predicted octanol–water partition coefficient (Wildman–Crippen LogP) is 3.17. The number of rotatable bonds is 2. The topological polar surface area (TPSA) is 55.2 Å². The van der Waals surface area contributed by atoms with Crippen LogP contribution >= 0.6 is 15.9 Å². The highest BCUT2D eigenvalue weighted by atomic mass is 79.9. The number of β-lactam (4-membered cyclic amide) rings is 1. The van der Waals surface area contributed by atoms with Crippen LogP contribution in [0.1, 0.15) is 18.3 Å². The number of carbonyl (C=O) groups excluding carboxylic acids is 1. The third kappa shape index (κ3) is 2.26. The van der Waals surface area contributed by atoms with E-state index >= 15 is 0 Å². The molecule has 0 radical (unpaired) electrons. The van der Waals surface area contributed by atoms with Gasteiger partial charge in [0.1, 0.15) is 11.9 Å². The molecule has 24 heavy (non-hydrogen) atoms. The second kappa shape index (κ2) is 5.56. The zero-order valence-electron chi connectivity index (χ0n) is 12.9. The molecule has 1 amide bonds. The van der Waals surface area contributed by atoms with Gasteiger partial charge in [-0.1, -0.05) is 28.1 Å². The van der Waals surface area contributed by atoms with E-state index in [1.165, 1.54) is 0 Å². The number of carbonyl (C=O) groups is 1. The Hall–Kier alpha value is -2.47. The van der Waals surface area contributed by atoms with Gasteiger partial charge in [-0.25, -0.2) is 4.98 Å². The first-order chi connectivity index (χ1) is 11.6. The number of halogens is 1. The van der Waals surface area contributed by atoms with Crippen molar-refractivity contribution >= 4 is 38.4 Å². The fourth-order valence-corrected chi connectivity index (χ4v) is 3.35. The first-order valence-corrected chi connectivity index (χ1v) is 8.39. The number of hydrogen-bond donors (Lipinski definition) is 0. The van der Waals surface area contributed by atoms with Crippen LogP contribution in [0, 0.1) is 0 Å². The molecule has 1 unspecified atom stereocenters. The van der Waals surface area contributed by atoms with Gasteiger partial charge in [0.25, 0.3) is 5.56 Å². The van der Waals surface area contributed by atoms with E-state index in [1.54, 1.807) is 22.6 Å². The smallest absolute Gasteiger partial charge is 0.261 e. The fraction of sp³-hybridized carbons (Fsp3) is 0.167. The molecule has 5 nitrogen and oxygen atoms in total. The van der Waals surface area contributed by atoms with Gasteiger partial charge in [0.15, 0.2) is 0 Å². The van der Waals surface area contributed by atoms with Crippen molar-refractivity contribution in [1.29, 1.82) is 0 Å². The zero-order valence-corrected chi connectivity index (χ0v) is 14.5. The number of aromatic nitrogens is 2. The summed E-state index contributed by atoms with van der Waals surface area (Å²) in [6.07, 6.45) is 0.356. The van der Waals surface area contributed by atoms with Crippen LogP contribution in [-0.2, 0) is 11.8 Å². The van der Waals surface area contributed by atoms with Gasteiger partial charge in [-0.3, -0.25) is 14.2 Å². The van der Waals surface area contributed by atoms with E-state index in [1.807, 2.05) is 42.5 Å². The van der Waals surface area contributed by atoms with E-state index in [4.69, 9.17) is 0 Å². The summed E-state index contributed by atoms with van der Waals surface area (Å²) in [6.45, 7) is 0. The molecule has 4 rings (SSSR count). The van der Waals surface area contributed by atoms with Crippen LogP contribution < -0.4 is 10.5 Å². The maximum absolute atomic E-state index is 12.6. The second-order valence-corrected chi connectivity index (χ2v) is 6.73. The molecule has 0 bridgehead atoms. The van der Waals surface area contributed by atoms with Gasteiger partial charge in [-0.05, 0) is 36.4 Å². The lowest BCUT2D eigenvalue weighted by atomic mass is 9.99. The van der Waals surface area contributed by atoms with Gasteiger partial charge in [-0.15, -0.1) is 0 Å². The lowest BCUT2D eigenvalue weighted by Crippen LogP contribution is -2.48. The van der Waals surface area contributed by atoms with Gasteiger partial charge >= 0.3 is 0 Å². The SMILES string of the molecule is Cn1c(C2CC(=O)N2c2ccc(Br)cc2)nc2ccccc2c1=O. The lowest BCUT2D eigenvalue weighted by molar-refractivity contribution is -0.124. The van der Waals surface area contributed by atoms with Crippen molar-refractivity contribution in [3.05, 3.63) is 69.2 Å². The monoisotopic (exact) mass is 383 g/mol. The highest BCUT2D eigenvalue weighted by molar-refractivity contribution is 9.10. The molecule has 1 aliphatic heterocycles. The Labute approximate surface area is 146 Å². The molecule has 2 heterocycles. The Kier molecular flexibility index (Phi) is 3.49. The summed E-state index contributed by atoms with van der Waals surface area (Å²) in [5.74, 6) is 0.644. The van der Waals surface area contributed by atoms with E-state index in [0.717, 1.165) is 10.2 Å². The van der Waals surface area contributed by atoms with Gasteiger partial charge in [0.05, 0.1) is 17.3 Å². The molecule has 3 aromatic rings. The van der Waals surface area contributed by atoms with Gasteiger partial charge in [0.2, 0.25) is 5.91 Å². The van der Waals surface area contributed by atoms with E-state index in [2.05, 4.69) is 20.9 Å². The molecule has 120 valence electrons. The molecule has 1 aliphatic rings. The van der Waals surface area contributed by atoms with E-state index < -0.39 is 0 Å². The number of hydrogen-bond acceptors (Lipinski definition) is 3. The first-order valence-electron chi connectivity index (χ1n) is 7.59. The van der Waals surface area contributed by atoms with Crippen LogP contribution in [0.5, 0.6) is 0 Å². The largest absolute Gasteiger partial charge is 0.301 e. The van der Waals surface area contributed by atoms with Crippen LogP contribution in [0.15, 0.2) is 57.8 Å². The van der Waals surface area contributed by atoms with Crippen LogP contribution in [0.25, 0.3) is 10.9 Å². The van der Waals surface area contributed by atoms with Crippen LogP contribution in [0.2, 0.25) is 0 Å². The average molecular weight is 384 g/mol. The summed E-state index contributed by atoms with van der Waals surface area (Å²) in [5, 5.41) is 0.588. The highest BCUT2D eigenvalue weighted by Gasteiger charge is 2.40. The molecule has 1 aromatic heterocycles. The Morgan fingerprint density at radius 1 is 1.08 bits per heavy atom. The van der Waals surface area contributed by atoms with Crippen molar-refractivity contribution in [1.82, 2.24) is 9.55 Å². The molecular weight excluding hydrogens is 370 g/mol. The minimum Gasteiger partial charge on any atom is -0.301 e. The maximum atomic E-state index is 12.6. The van der Waals surface area contributed by atoms with Crippen LogP contribution in [-0.4, -0.2) is 15.5 Å². The van der Waals surface area contributed by atoms with Gasteiger partial charge in [0, 0.05) is 17.2 Å². The minimum atomic E-state index is -0.221. The quantitative estimate of drug-likeness (QED) is 0.638. The molecule has 1 saturated heterocycles. The first kappa shape index (κ1) is 15.1. The predicted molar refractivity (Wildman–Crippen MR) is 96.0 cm³/mol. The fourth-order valence-electron chi connectivity index (χ4n) is 3.08. The molecule has 0 aliphatic carbocycles. The van der Waals surface area contributed by atoms with E-state index in [-0.39, 0.29) is 17.5 Å². The normalized spacial score (nSPS) is 17.2. The Balaban J connectivity index is 1.82. The van der Waals surface area contributed by atoms with E-state index in [0.29, 0.717) is 23.1 Å². The molecule has 0 N–H and O–H groups in total. The summed E-state index contributed by atoms with van der Waals surface area (Å²) in [7, 11) is 1.71. The summed E-state index contributed by atoms with van der Waals surface area (Å²) in [5.41, 5.74) is 1.37. The Morgan fingerprint density at radius 2 is 1.79 bits per heavy atom. The van der Waals surface area contributed by atoms with Gasteiger partial charge in [-0.2, -0.15) is 0 Å². The molecule has 0 saturated carbocycles. The molecule has 0 spiro atoms. The van der Waals surface area contributed by atoms with Crippen LogP contribution in [0.4, 0.5) is 5.69 Å². The minimum absolute atomic E-state index is 0.0322. The van der Waals surface area contributed by atoms with Crippen molar-refractivity contribution < 1.29 is 4.79 Å². The molecule has 6 heteroatoms. The third-order valence-electron chi connectivity index (χ3n) is 4.37. The number of nitrogens with zero attached hydrogens (tertiary/aromatic N) is 3. The average Bonchev–Trinajstić information content (AvgIpc) is 2.58. The van der Waals surface area contributed by atoms with E-state index in [9.17, 15) is 9.59 Å². The molecule has 1 fully saturated rings. The molecule has 1 atom stereocenters. The number of anilines is 1. The molecule has 2 aromatic carbocycles. The van der Waals surface area contributed by atoms with Gasteiger partial charge < -0.3 is 4.90 Å². The van der Waals surface area contributed by atoms with Crippen molar-refractivity contribution in [2.75, 3.05) is 4.90 Å². The Morgan fingerprint density at radius 3 is 2.50 bits per heavy atom. The van der Waals surface area contributed by atoms with Crippen molar-refractivity contribution in [3.8, 4) is 0 Å². The maximum Gasteiger partial charge on any atom is 0.261 e. The number of para-hydroxylation sites is 1. The zero-order chi connectivity index (χ0) is 16.8. The molecular formula is C18H14BrN3O2. The van der Waals surface area contributed by atoms with Crippen LogP contribution in [0.3, 0.4) is 0 Å². The van der Waals surface area contributed by atoms with Crippen molar-refractivity contribution in [2.24, 2.45) is 7.05 Å². The number of benzene rings is 2. The number of amides is 1. The summed E-state index contributed by atoms with van der Waals surface area (Å²) in [4.78, 5) is 31.1. The standard InChI is InChI=1S/C18H14BrN3O2/c1-21-17(20-14-5-3-2-4-13(14)18(21)24)15-10-16(23)22(15)12-8-6-11(19)7-9-12/h2-9,15H,10H2,1H3. The number of fused-ring (bicyclic) bond motifs is 1. The second-order valence-electron chi connectivity index (χ2n) is 5.81. The van der Waals surface area contributed by atoms with Crippen molar-refractivity contribution in [2.45, 2.75) is 12.5 Å².